The van der Waals surface area contributed by atoms with Crippen molar-refractivity contribution in [2.75, 3.05) is 0 Å². The van der Waals surface area contributed by atoms with Crippen LogP contribution >= 0.6 is 0 Å². The minimum absolute atomic E-state index is 0.163. The average Bonchev–Trinajstić information content (AvgIpc) is 3.28. The molecule has 1 aliphatic carbocycles. The van der Waals surface area contributed by atoms with E-state index in [0.29, 0.717) is 0 Å². The quantitative estimate of drug-likeness (QED) is 0.396. The molecular weight excluding hydrogens is 406 g/mol. The lowest BCUT2D eigenvalue weighted by Crippen LogP contribution is -2.43. The van der Waals surface area contributed by atoms with Gasteiger partial charge in [0.25, 0.3) is 0 Å². The lowest BCUT2D eigenvalue weighted by Gasteiger charge is -2.38. The van der Waals surface area contributed by atoms with Gasteiger partial charge in [0.05, 0.1) is 29.4 Å². The number of imidazole rings is 1. The molecule has 0 aliphatic heterocycles. The van der Waals surface area contributed by atoms with E-state index in [1.807, 2.05) is 30.1 Å². The van der Waals surface area contributed by atoms with Crippen LogP contribution in [0, 0.1) is 0 Å². The summed E-state index contributed by atoms with van der Waals surface area (Å²) in [5.41, 5.74) is 14.4. The van der Waals surface area contributed by atoms with Crippen molar-refractivity contribution in [3.8, 4) is 33.8 Å². The zero-order valence-electron chi connectivity index (χ0n) is 18.6. The summed E-state index contributed by atoms with van der Waals surface area (Å²) in [7, 11) is 1.96. The van der Waals surface area contributed by atoms with Crippen LogP contribution in [0.5, 0.6) is 0 Å². The summed E-state index contributed by atoms with van der Waals surface area (Å²) in [5, 5.41) is 1.04. The van der Waals surface area contributed by atoms with Gasteiger partial charge in [-0.3, -0.25) is 4.98 Å². The van der Waals surface area contributed by atoms with Gasteiger partial charge >= 0.3 is 0 Å². The molecule has 2 N–H and O–H groups in total. The topological polar surface area (TPSA) is 69.6 Å². The van der Waals surface area contributed by atoms with Crippen molar-refractivity contribution in [2.24, 2.45) is 12.8 Å². The highest BCUT2D eigenvalue weighted by molar-refractivity contribution is 5.92. The molecule has 5 heteroatoms. The molecule has 33 heavy (non-hydrogen) atoms. The number of rotatable bonds is 4. The molecule has 3 aromatic heterocycles. The fourth-order valence-electron chi connectivity index (χ4n) is 4.63. The number of pyridine rings is 2. The van der Waals surface area contributed by atoms with E-state index in [4.69, 9.17) is 10.7 Å². The molecule has 0 spiro atoms. The van der Waals surface area contributed by atoms with Crippen LogP contribution in [-0.4, -0.2) is 19.5 Å². The van der Waals surface area contributed by atoms with Crippen molar-refractivity contribution in [3.63, 3.8) is 0 Å². The number of nitrogens with zero attached hydrogens (tertiary/aromatic N) is 4. The second-order valence-electron chi connectivity index (χ2n) is 9.02. The Morgan fingerprint density at radius 1 is 0.879 bits per heavy atom. The van der Waals surface area contributed by atoms with Crippen LogP contribution < -0.4 is 5.73 Å². The van der Waals surface area contributed by atoms with Crippen molar-refractivity contribution in [1.82, 2.24) is 19.5 Å². The average molecular weight is 432 g/mol. The SMILES string of the molecule is Cn1cnc(-c2cc3cc(-c4ccccc4)c(-c4ccc(C5(N)CCC5)cc4)nc3cn2)c1. The first-order chi connectivity index (χ1) is 16.1. The highest BCUT2D eigenvalue weighted by Gasteiger charge is 2.34. The third-order valence-corrected chi connectivity index (χ3v) is 6.73. The van der Waals surface area contributed by atoms with Crippen LogP contribution in [0.15, 0.2) is 85.5 Å². The van der Waals surface area contributed by atoms with Gasteiger partial charge in [-0.1, -0.05) is 54.6 Å². The molecule has 1 saturated carbocycles. The van der Waals surface area contributed by atoms with Crippen LogP contribution in [0.1, 0.15) is 24.8 Å². The van der Waals surface area contributed by atoms with Gasteiger partial charge < -0.3 is 10.3 Å². The van der Waals surface area contributed by atoms with Crippen molar-refractivity contribution < 1.29 is 0 Å². The number of aryl methyl sites for hydroxylation is 1. The third kappa shape index (κ3) is 3.51. The Labute approximate surface area is 193 Å². The Bertz CT molecular complexity index is 1450. The molecule has 0 radical (unpaired) electrons. The third-order valence-electron chi connectivity index (χ3n) is 6.73. The van der Waals surface area contributed by atoms with E-state index in [9.17, 15) is 0 Å². The van der Waals surface area contributed by atoms with Crippen molar-refractivity contribution in [1.29, 1.82) is 0 Å². The van der Waals surface area contributed by atoms with Crippen molar-refractivity contribution >= 4 is 10.9 Å². The Morgan fingerprint density at radius 2 is 1.67 bits per heavy atom. The van der Waals surface area contributed by atoms with E-state index < -0.39 is 0 Å². The highest BCUT2D eigenvalue weighted by Crippen LogP contribution is 2.40. The molecule has 3 heterocycles. The summed E-state index contributed by atoms with van der Waals surface area (Å²) in [5.74, 6) is 0. The number of nitrogens with two attached hydrogens (primary N) is 1. The van der Waals surface area contributed by atoms with Gasteiger partial charge in [-0.2, -0.15) is 0 Å². The summed E-state index contributed by atoms with van der Waals surface area (Å²) in [6.45, 7) is 0. The van der Waals surface area contributed by atoms with E-state index in [-0.39, 0.29) is 5.54 Å². The lowest BCUT2D eigenvalue weighted by molar-refractivity contribution is 0.253. The zero-order chi connectivity index (χ0) is 22.4. The summed E-state index contributed by atoms with van der Waals surface area (Å²) in [6.07, 6.45) is 8.92. The molecule has 0 amide bonds. The smallest absolute Gasteiger partial charge is 0.107 e. The number of aromatic nitrogens is 4. The first kappa shape index (κ1) is 19.8. The standard InChI is InChI=1S/C28H25N5/c1-33-17-26(31-18-33)24-15-21-14-23(19-6-3-2-4-7-19)27(32-25(21)16-30-24)20-8-10-22(11-9-20)28(29)12-5-13-28/h2-4,6-11,14-18H,5,12-13,29H2,1H3. The highest BCUT2D eigenvalue weighted by atomic mass is 15.0. The predicted octanol–water partition coefficient (Wildman–Crippen LogP) is 5.70. The molecule has 5 nitrogen and oxygen atoms in total. The largest absolute Gasteiger partial charge is 0.340 e. The van der Waals surface area contributed by atoms with E-state index >= 15 is 0 Å². The molecule has 162 valence electrons. The molecule has 2 aromatic carbocycles. The molecule has 0 saturated heterocycles. The van der Waals surface area contributed by atoms with Gasteiger partial charge in [-0.25, -0.2) is 9.97 Å². The van der Waals surface area contributed by atoms with E-state index in [0.717, 1.165) is 57.5 Å². The van der Waals surface area contributed by atoms with Crippen LogP contribution in [0.3, 0.4) is 0 Å². The summed E-state index contributed by atoms with van der Waals surface area (Å²) in [6, 6.07) is 23.3. The predicted molar refractivity (Wildman–Crippen MR) is 132 cm³/mol. The normalized spacial score (nSPS) is 14.8. The van der Waals surface area contributed by atoms with Gasteiger partial charge in [0.15, 0.2) is 0 Å². The van der Waals surface area contributed by atoms with Crippen LogP contribution in [0.2, 0.25) is 0 Å². The molecular formula is C28H25N5. The Hall–Kier alpha value is -3.83. The number of fused-ring (bicyclic) bond motifs is 1. The van der Waals surface area contributed by atoms with Gasteiger partial charge in [0, 0.05) is 35.3 Å². The molecule has 1 fully saturated rings. The molecule has 0 atom stereocenters. The molecule has 5 aromatic rings. The van der Waals surface area contributed by atoms with E-state index in [1.165, 1.54) is 12.0 Å². The van der Waals surface area contributed by atoms with Gasteiger partial charge in [0.2, 0.25) is 0 Å². The first-order valence-electron chi connectivity index (χ1n) is 11.3. The van der Waals surface area contributed by atoms with Crippen molar-refractivity contribution in [3.05, 3.63) is 91.0 Å². The second-order valence-corrected chi connectivity index (χ2v) is 9.02. The maximum atomic E-state index is 6.54. The summed E-state index contributed by atoms with van der Waals surface area (Å²) >= 11 is 0. The maximum absolute atomic E-state index is 6.54. The lowest BCUT2D eigenvalue weighted by atomic mass is 9.72. The first-order valence-corrected chi connectivity index (χ1v) is 11.3. The van der Waals surface area contributed by atoms with E-state index in [1.54, 1.807) is 6.33 Å². The van der Waals surface area contributed by atoms with Crippen LogP contribution in [-0.2, 0) is 12.6 Å². The van der Waals surface area contributed by atoms with Gasteiger partial charge in [-0.15, -0.1) is 0 Å². The maximum Gasteiger partial charge on any atom is 0.107 e. The monoisotopic (exact) mass is 431 g/mol. The van der Waals surface area contributed by atoms with Gasteiger partial charge in [-0.05, 0) is 42.5 Å². The Kier molecular flexibility index (Phi) is 4.59. The fourth-order valence-corrected chi connectivity index (χ4v) is 4.63. The van der Waals surface area contributed by atoms with Gasteiger partial charge in [0.1, 0.15) is 5.69 Å². The molecule has 0 unspecified atom stereocenters. The minimum Gasteiger partial charge on any atom is -0.340 e. The summed E-state index contributed by atoms with van der Waals surface area (Å²) < 4.78 is 1.93. The molecule has 0 bridgehead atoms. The zero-order valence-corrected chi connectivity index (χ0v) is 18.6. The number of hydrogen-bond donors (Lipinski definition) is 1. The van der Waals surface area contributed by atoms with Crippen LogP contribution in [0.25, 0.3) is 44.7 Å². The minimum atomic E-state index is -0.163. The Morgan fingerprint density at radius 3 is 2.33 bits per heavy atom. The van der Waals surface area contributed by atoms with E-state index in [2.05, 4.69) is 70.6 Å². The summed E-state index contributed by atoms with van der Waals surface area (Å²) in [4.78, 5) is 14.2. The molecule has 1 aliphatic rings. The number of hydrogen-bond acceptors (Lipinski definition) is 4. The Balaban J connectivity index is 1.50. The fraction of sp³-hybridized carbons (Fsp3) is 0.179. The second kappa shape index (κ2) is 7.64. The van der Waals surface area contributed by atoms with Crippen molar-refractivity contribution in [2.45, 2.75) is 24.8 Å². The molecule has 6 rings (SSSR count). The van der Waals surface area contributed by atoms with Crippen LogP contribution in [0.4, 0.5) is 0 Å². The number of benzene rings is 2.